The maximum absolute atomic E-state index is 2.26. The van der Waals surface area contributed by atoms with Crippen LogP contribution in [0, 0.1) is 13.8 Å². The second-order valence-corrected chi connectivity index (χ2v) is 5.70. The van der Waals surface area contributed by atoms with Crippen LogP contribution in [0.15, 0.2) is 78.9 Å². The number of aryl methyl sites for hydroxylation is 2. The van der Waals surface area contributed by atoms with Crippen molar-refractivity contribution in [2.45, 2.75) is 13.8 Å². The summed E-state index contributed by atoms with van der Waals surface area (Å²) in [6.07, 6.45) is 2.26. The maximum Gasteiger partial charge on any atom is -0.0105 e. The predicted octanol–water partition coefficient (Wildman–Crippen LogP) is 5.89. The standard InChI is InChI=1S/C22H20/c1-17-8-12-19(13-9-17)16-22(20-6-4-3-5-7-20)21-14-10-18(2)11-15-21/h3-16H,1-2H3/b22-16+. The van der Waals surface area contributed by atoms with E-state index in [0.29, 0.717) is 0 Å². The Morgan fingerprint density at radius 3 is 1.68 bits per heavy atom. The molecule has 0 unspecified atom stereocenters. The van der Waals surface area contributed by atoms with Crippen molar-refractivity contribution in [2.24, 2.45) is 0 Å². The molecule has 108 valence electrons. The Morgan fingerprint density at radius 2 is 1.09 bits per heavy atom. The zero-order valence-electron chi connectivity index (χ0n) is 13.1. The fourth-order valence-electron chi connectivity index (χ4n) is 2.51. The first-order valence-corrected chi connectivity index (χ1v) is 7.63. The molecular weight excluding hydrogens is 264 g/mol. The van der Waals surface area contributed by atoms with Crippen LogP contribution < -0.4 is 0 Å². The molecule has 0 N–H and O–H groups in total. The lowest BCUT2D eigenvalue weighted by molar-refractivity contribution is 1.44. The minimum atomic E-state index is 1.23. The Kier molecular flexibility index (Phi) is 4.20. The fraction of sp³-hybridized carbons (Fsp3) is 0.0909. The van der Waals surface area contributed by atoms with Crippen LogP contribution in [0.25, 0.3) is 11.6 Å². The molecule has 0 spiro atoms. The lowest BCUT2D eigenvalue weighted by Crippen LogP contribution is -1.88. The van der Waals surface area contributed by atoms with Crippen molar-refractivity contribution in [3.63, 3.8) is 0 Å². The second kappa shape index (κ2) is 6.44. The summed E-state index contributed by atoms with van der Waals surface area (Å²) < 4.78 is 0. The van der Waals surface area contributed by atoms with E-state index in [4.69, 9.17) is 0 Å². The molecule has 0 aliphatic rings. The Bertz CT molecular complexity index is 761. The zero-order chi connectivity index (χ0) is 15.4. The van der Waals surface area contributed by atoms with Crippen molar-refractivity contribution in [1.82, 2.24) is 0 Å². The number of hydrogen-bond acceptors (Lipinski definition) is 0. The lowest BCUT2D eigenvalue weighted by atomic mass is 9.95. The Morgan fingerprint density at radius 1 is 0.591 bits per heavy atom. The van der Waals surface area contributed by atoms with Crippen molar-refractivity contribution in [3.8, 4) is 0 Å². The molecule has 3 aromatic carbocycles. The SMILES string of the molecule is Cc1ccc(/C=C(\c2ccccc2)c2ccc(C)cc2)cc1. The van der Waals surface area contributed by atoms with Crippen LogP contribution in [-0.4, -0.2) is 0 Å². The van der Waals surface area contributed by atoms with E-state index in [-0.39, 0.29) is 0 Å². The average Bonchev–Trinajstić information content (AvgIpc) is 2.56. The summed E-state index contributed by atoms with van der Waals surface area (Å²) in [7, 11) is 0. The monoisotopic (exact) mass is 284 g/mol. The zero-order valence-corrected chi connectivity index (χ0v) is 13.1. The molecule has 0 heteroatoms. The van der Waals surface area contributed by atoms with E-state index < -0.39 is 0 Å². The van der Waals surface area contributed by atoms with Gasteiger partial charge in [0.2, 0.25) is 0 Å². The topological polar surface area (TPSA) is 0 Å². The summed E-state index contributed by atoms with van der Waals surface area (Å²) in [5, 5.41) is 0. The van der Waals surface area contributed by atoms with Crippen LogP contribution in [0.5, 0.6) is 0 Å². The second-order valence-electron chi connectivity index (χ2n) is 5.70. The van der Waals surface area contributed by atoms with Gasteiger partial charge in [0.25, 0.3) is 0 Å². The van der Waals surface area contributed by atoms with Crippen LogP contribution in [0.3, 0.4) is 0 Å². The van der Waals surface area contributed by atoms with Crippen LogP contribution in [0.4, 0.5) is 0 Å². The van der Waals surface area contributed by atoms with E-state index in [1.807, 2.05) is 0 Å². The van der Waals surface area contributed by atoms with E-state index >= 15 is 0 Å². The highest BCUT2D eigenvalue weighted by molar-refractivity contribution is 5.91. The smallest absolute Gasteiger partial charge is 0.0105 e. The third kappa shape index (κ3) is 3.35. The first-order chi connectivity index (χ1) is 10.7. The van der Waals surface area contributed by atoms with Crippen LogP contribution in [0.1, 0.15) is 27.8 Å². The lowest BCUT2D eigenvalue weighted by Gasteiger charge is -2.10. The van der Waals surface area contributed by atoms with E-state index in [1.54, 1.807) is 0 Å². The van der Waals surface area contributed by atoms with Gasteiger partial charge >= 0.3 is 0 Å². The summed E-state index contributed by atoms with van der Waals surface area (Å²) in [5.74, 6) is 0. The molecule has 3 rings (SSSR count). The van der Waals surface area contributed by atoms with Crippen molar-refractivity contribution < 1.29 is 0 Å². The molecule has 0 aromatic heterocycles. The fourth-order valence-corrected chi connectivity index (χ4v) is 2.51. The molecule has 0 amide bonds. The molecule has 0 fully saturated rings. The molecule has 0 aliphatic carbocycles. The minimum absolute atomic E-state index is 1.23. The Hall–Kier alpha value is -2.60. The predicted molar refractivity (Wildman–Crippen MR) is 95.8 cm³/mol. The first-order valence-electron chi connectivity index (χ1n) is 7.63. The average molecular weight is 284 g/mol. The van der Waals surface area contributed by atoms with Crippen LogP contribution in [-0.2, 0) is 0 Å². The van der Waals surface area contributed by atoms with E-state index in [2.05, 4.69) is 98.8 Å². The van der Waals surface area contributed by atoms with Gasteiger partial charge in [-0.05, 0) is 42.2 Å². The molecule has 0 aliphatic heterocycles. The van der Waals surface area contributed by atoms with Crippen molar-refractivity contribution in [1.29, 1.82) is 0 Å². The molecule has 0 nitrogen and oxygen atoms in total. The van der Waals surface area contributed by atoms with Gasteiger partial charge in [-0.1, -0.05) is 90.0 Å². The third-order valence-corrected chi connectivity index (χ3v) is 3.84. The quantitative estimate of drug-likeness (QED) is 0.526. The van der Waals surface area contributed by atoms with Crippen molar-refractivity contribution >= 4 is 11.6 Å². The molecule has 0 saturated heterocycles. The summed E-state index contributed by atoms with van der Waals surface area (Å²) in [6.45, 7) is 4.24. The highest BCUT2D eigenvalue weighted by atomic mass is 14.1. The molecule has 22 heavy (non-hydrogen) atoms. The molecule has 0 radical (unpaired) electrons. The van der Waals surface area contributed by atoms with Crippen LogP contribution in [0.2, 0.25) is 0 Å². The van der Waals surface area contributed by atoms with Crippen molar-refractivity contribution in [2.75, 3.05) is 0 Å². The van der Waals surface area contributed by atoms with Gasteiger partial charge in [-0.2, -0.15) is 0 Å². The number of rotatable bonds is 3. The van der Waals surface area contributed by atoms with Gasteiger partial charge in [0.1, 0.15) is 0 Å². The molecule has 0 heterocycles. The number of benzene rings is 3. The largest absolute Gasteiger partial charge is 0.0622 e. The minimum Gasteiger partial charge on any atom is -0.0622 e. The summed E-state index contributed by atoms with van der Waals surface area (Å²) in [5.41, 5.74) is 7.54. The summed E-state index contributed by atoms with van der Waals surface area (Å²) in [4.78, 5) is 0. The van der Waals surface area contributed by atoms with Gasteiger partial charge < -0.3 is 0 Å². The summed E-state index contributed by atoms with van der Waals surface area (Å²) >= 11 is 0. The van der Waals surface area contributed by atoms with Gasteiger partial charge in [0, 0.05) is 0 Å². The highest BCUT2D eigenvalue weighted by Crippen LogP contribution is 2.26. The highest BCUT2D eigenvalue weighted by Gasteiger charge is 2.05. The van der Waals surface area contributed by atoms with Gasteiger partial charge in [0.15, 0.2) is 0 Å². The first kappa shape index (κ1) is 14.3. The molecular formula is C22H20. The third-order valence-electron chi connectivity index (χ3n) is 3.84. The van der Waals surface area contributed by atoms with Gasteiger partial charge in [-0.25, -0.2) is 0 Å². The van der Waals surface area contributed by atoms with Gasteiger partial charge in [0.05, 0.1) is 0 Å². The van der Waals surface area contributed by atoms with Crippen molar-refractivity contribution in [3.05, 3.63) is 107 Å². The van der Waals surface area contributed by atoms with Gasteiger partial charge in [-0.3, -0.25) is 0 Å². The maximum atomic E-state index is 2.26. The van der Waals surface area contributed by atoms with Gasteiger partial charge in [-0.15, -0.1) is 0 Å². The van der Waals surface area contributed by atoms with E-state index in [1.165, 1.54) is 33.4 Å². The molecule has 0 bridgehead atoms. The van der Waals surface area contributed by atoms with Crippen LogP contribution >= 0.6 is 0 Å². The Labute approximate surface area is 132 Å². The van der Waals surface area contributed by atoms with E-state index in [9.17, 15) is 0 Å². The molecule has 0 saturated carbocycles. The molecule has 3 aromatic rings. The molecule has 0 atom stereocenters. The number of hydrogen-bond donors (Lipinski definition) is 0. The summed E-state index contributed by atoms with van der Waals surface area (Å²) in [6, 6.07) is 28.0. The normalized spacial score (nSPS) is 11.5. The Balaban J connectivity index is 2.10. The van der Waals surface area contributed by atoms with E-state index in [0.717, 1.165) is 0 Å².